The van der Waals surface area contributed by atoms with Gasteiger partial charge in [0.1, 0.15) is 30.0 Å². The van der Waals surface area contributed by atoms with E-state index in [4.69, 9.17) is 4.74 Å². The van der Waals surface area contributed by atoms with Crippen LogP contribution >= 0.6 is 0 Å². The molecule has 6 nitrogen and oxygen atoms in total. The van der Waals surface area contributed by atoms with E-state index in [-0.39, 0.29) is 5.82 Å². The number of aromatic nitrogens is 4. The van der Waals surface area contributed by atoms with E-state index in [9.17, 15) is 0 Å². The zero-order valence-corrected chi connectivity index (χ0v) is 15.7. The fraction of sp³-hybridized carbons (Fsp3) is 0.0870. The van der Waals surface area contributed by atoms with Crippen molar-refractivity contribution in [2.75, 3.05) is 5.32 Å². The average molecular weight is 397 g/mol. The Labute approximate surface area is 171 Å². The quantitative estimate of drug-likeness (QED) is 0.544. The van der Waals surface area contributed by atoms with Gasteiger partial charge in [-0.05, 0) is 35.9 Å². The lowest BCUT2D eigenvalue weighted by Gasteiger charge is -2.38. The molecule has 7 heteroatoms. The van der Waals surface area contributed by atoms with Gasteiger partial charge in [0, 0.05) is 29.1 Å². The molecule has 1 N–H and O–H groups in total. The van der Waals surface area contributed by atoms with E-state index < -0.39 is 12.1 Å². The summed E-state index contributed by atoms with van der Waals surface area (Å²) in [4.78, 5) is 8.49. The van der Waals surface area contributed by atoms with Gasteiger partial charge in [-0.1, -0.05) is 30.3 Å². The highest BCUT2D eigenvalue weighted by Gasteiger charge is 2.41. The van der Waals surface area contributed by atoms with Crippen LogP contribution in [0.1, 0.15) is 28.8 Å². The van der Waals surface area contributed by atoms with Crippen LogP contribution in [0.3, 0.4) is 0 Å². The van der Waals surface area contributed by atoms with Crippen molar-refractivity contribution in [1.29, 1.82) is 0 Å². The molecule has 0 radical (unpaired) electrons. The molecule has 6 rings (SSSR count). The Morgan fingerprint density at radius 3 is 2.63 bits per heavy atom. The number of anilines is 1. The van der Waals surface area contributed by atoms with Crippen molar-refractivity contribution in [3.8, 4) is 5.75 Å². The number of nitrogens with one attached hydrogen (secondary N) is 1. The van der Waals surface area contributed by atoms with Crippen LogP contribution in [-0.2, 0) is 0 Å². The maximum Gasteiger partial charge on any atom is 0.226 e. The van der Waals surface area contributed by atoms with E-state index in [1.54, 1.807) is 29.2 Å². The highest BCUT2D eigenvalue weighted by molar-refractivity contribution is 5.85. The third kappa shape index (κ3) is 2.45. The molecule has 2 aromatic heterocycles. The SMILES string of the molecule is Fc1ccccc1[C@H]1C2=C(Nc3ncnn31)c1ccccc1O[C@H]2c1ccncc1. The molecule has 4 heterocycles. The van der Waals surface area contributed by atoms with Crippen molar-refractivity contribution in [3.63, 3.8) is 0 Å². The predicted molar refractivity (Wildman–Crippen MR) is 109 cm³/mol. The van der Waals surface area contributed by atoms with Gasteiger partial charge in [-0.3, -0.25) is 4.98 Å². The third-order valence-corrected chi connectivity index (χ3v) is 5.53. The molecule has 0 saturated heterocycles. The molecule has 146 valence electrons. The average Bonchev–Trinajstić information content (AvgIpc) is 3.27. The van der Waals surface area contributed by atoms with Crippen LogP contribution in [0.25, 0.3) is 5.70 Å². The standard InChI is InChI=1S/C23H16FN5O/c24-17-7-3-1-5-15(17)21-19-20(28-23-26-13-27-29(21)23)16-6-2-4-8-18(16)30-22(19)14-9-11-25-12-10-14/h1-13,21-22H,(H,26,27,28)/t21-,22-/m0/s1. The van der Waals surface area contributed by atoms with Crippen molar-refractivity contribution in [1.82, 2.24) is 19.7 Å². The summed E-state index contributed by atoms with van der Waals surface area (Å²) >= 11 is 0. The molecule has 2 aliphatic rings. The largest absolute Gasteiger partial charge is 0.480 e. The predicted octanol–water partition coefficient (Wildman–Crippen LogP) is 4.37. The van der Waals surface area contributed by atoms with Crippen molar-refractivity contribution < 1.29 is 9.13 Å². The molecule has 2 aromatic carbocycles. The number of fused-ring (bicyclic) bond motifs is 3. The third-order valence-electron chi connectivity index (χ3n) is 5.53. The minimum atomic E-state index is -0.508. The summed E-state index contributed by atoms with van der Waals surface area (Å²) in [5, 5.41) is 7.81. The summed E-state index contributed by atoms with van der Waals surface area (Å²) in [5.74, 6) is 1.02. The normalized spacial score (nSPS) is 19.2. The number of rotatable bonds is 2. The van der Waals surface area contributed by atoms with E-state index in [0.717, 1.165) is 28.1 Å². The highest BCUT2D eigenvalue weighted by atomic mass is 19.1. The number of benzene rings is 2. The van der Waals surface area contributed by atoms with Crippen LogP contribution in [0.5, 0.6) is 5.75 Å². The molecule has 0 amide bonds. The fourth-order valence-electron chi connectivity index (χ4n) is 4.23. The van der Waals surface area contributed by atoms with E-state index in [0.29, 0.717) is 11.5 Å². The topological polar surface area (TPSA) is 64.9 Å². The first-order valence-electron chi connectivity index (χ1n) is 9.62. The van der Waals surface area contributed by atoms with Gasteiger partial charge >= 0.3 is 0 Å². The number of pyridine rings is 1. The second-order valence-corrected chi connectivity index (χ2v) is 7.18. The van der Waals surface area contributed by atoms with E-state index in [1.165, 1.54) is 12.4 Å². The number of nitrogens with zero attached hydrogens (tertiary/aromatic N) is 4. The second-order valence-electron chi connectivity index (χ2n) is 7.18. The number of hydrogen-bond acceptors (Lipinski definition) is 5. The monoisotopic (exact) mass is 397 g/mol. The van der Waals surface area contributed by atoms with Gasteiger partial charge in [0.15, 0.2) is 0 Å². The number of hydrogen-bond donors (Lipinski definition) is 1. The zero-order valence-electron chi connectivity index (χ0n) is 15.7. The summed E-state index contributed by atoms with van der Waals surface area (Å²) in [6.07, 6.45) is 4.50. The first-order valence-corrected chi connectivity index (χ1v) is 9.62. The number of ether oxygens (including phenoxy) is 1. The van der Waals surface area contributed by atoms with E-state index >= 15 is 4.39 Å². The minimum absolute atomic E-state index is 0.301. The van der Waals surface area contributed by atoms with Crippen molar-refractivity contribution in [3.05, 3.63) is 107 Å². The second kappa shape index (κ2) is 6.52. The molecule has 0 bridgehead atoms. The Kier molecular flexibility index (Phi) is 3.67. The molecule has 0 saturated carbocycles. The molecule has 2 atom stereocenters. The van der Waals surface area contributed by atoms with Crippen LogP contribution in [0, 0.1) is 5.82 Å². The summed E-state index contributed by atoms with van der Waals surface area (Å²) in [6, 6.07) is 17.9. The molecule has 0 fully saturated rings. The van der Waals surface area contributed by atoms with Gasteiger partial charge in [-0.25, -0.2) is 9.07 Å². The van der Waals surface area contributed by atoms with Gasteiger partial charge in [-0.15, -0.1) is 0 Å². The molecule has 0 unspecified atom stereocenters. The van der Waals surface area contributed by atoms with Crippen molar-refractivity contribution >= 4 is 11.6 Å². The highest BCUT2D eigenvalue weighted by Crippen LogP contribution is 2.50. The first kappa shape index (κ1) is 16.9. The molecule has 0 aliphatic carbocycles. The smallest absolute Gasteiger partial charge is 0.226 e. The van der Waals surface area contributed by atoms with Crippen molar-refractivity contribution in [2.24, 2.45) is 0 Å². The van der Waals surface area contributed by atoms with Gasteiger partial charge in [-0.2, -0.15) is 10.1 Å². The van der Waals surface area contributed by atoms with Crippen LogP contribution in [0.4, 0.5) is 10.3 Å². The molecular weight excluding hydrogens is 381 g/mol. The lowest BCUT2D eigenvalue weighted by atomic mass is 9.84. The molecule has 30 heavy (non-hydrogen) atoms. The maximum atomic E-state index is 15.0. The van der Waals surface area contributed by atoms with Crippen LogP contribution < -0.4 is 10.1 Å². The molecular formula is C23H16FN5O. The summed E-state index contributed by atoms with van der Waals surface area (Å²) in [6.45, 7) is 0. The minimum Gasteiger partial charge on any atom is -0.480 e. The van der Waals surface area contributed by atoms with E-state index in [2.05, 4.69) is 20.4 Å². The van der Waals surface area contributed by atoms with Crippen LogP contribution in [0.2, 0.25) is 0 Å². The lowest BCUT2D eigenvalue weighted by Crippen LogP contribution is -2.32. The molecule has 0 spiro atoms. The fourth-order valence-corrected chi connectivity index (χ4v) is 4.23. The Morgan fingerprint density at radius 2 is 1.77 bits per heavy atom. The first-order chi connectivity index (χ1) is 14.8. The Hall–Kier alpha value is -4.00. The Morgan fingerprint density at radius 1 is 0.967 bits per heavy atom. The maximum absolute atomic E-state index is 15.0. The van der Waals surface area contributed by atoms with Crippen LogP contribution in [-0.4, -0.2) is 19.7 Å². The van der Waals surface area contributed by atoms with Gasteiger partial charge in [0.05, 0.1) is 5.70 Å². The van der Waals surface area contributed by atoms with Crippen LogP contribution in [0.15, 0.2) is 85.0 Å². The zero-order chi connectivity index (χ0) is 20.1. The summed E-state index contributed by atoms with van der Waals surface area (Å²) < 4.78 is 23.2. The van der Waals surface area contributed by atoms with E-state index in [1.807, 2.05) is 42.5 Å². The summed E-state index contributed by atoms with van der Waals surface area (Å²) in [7, 11) is 0. The summed E-state index contributed by atoms with van der Waals surface area (Å²) in [5.41, 5.74) is 4.10. The lowest BCUT2D eigenvalue weighted by molar-refractivity contribution is 0.222. The molecule has 2 aliphatic heterocycles. The van der Waals surface area contributed by atoms with Gasteiger partial charge in [0.2, 0.25) is 5.95 Å². The van der Waals surface area contributed by atoms with Gasteiger partial charge in [0.25, 0.3) is 0 Å². The Balaban J connectivity index is 1.66. The molecule has 4 aromatic rings. The van der Waals surface area contributed by atoms with Crippen molar-refractivity contribution in [2.45, 2.75) is 12.1 Å². The van der Waals surface area contributed by atoms with Gasteiger partial charge < -0.3 is 10.1 Å². The number of halogens is 1. The number of para-hydroxylation sites is 1. The Bertz CT molecular complexity index is 1280.